The fourth-order valence-corrected chi connectivity index (χ4v) is 4.06. The first kappa shape index (κ1) is 15.3. The van der Waals surface area contributed by atoms with E-state index in [1.54, 1.807) is 0 Å². The molecule has 1 heterocycles. The van der Waals surface area contributed by atoms with Crippen molar-refractivity contribution in [3.8, 4) is 0 Å². The highest BCUT2D eigenvalue weighted by molar-refractivity contribution is 5.01. The van der Waals surface area contributed by atoms with Crippen LogP contribution in [0.1, 0.15) is 47.5 Å². The van der Waals surface area contributed by atoms with Gasteiger partial charge in [0.1, 0.15) is 0 Å². The number of nitrogens with one attached hydrogen (secondary N) is 1. The van der Waals surface area contributed by atoms with Crippen LogP contribution >= 0.6 is 0 Å². The Kier molecular flexibility index (Phi) is 4.29. The zero-order valence-corrected chi connectivity index (χ0v) is 13.8. The van der Waals surface area contributed by atoms with Crippen molar-refractivity contribution in [2.24, 2.45) is 5.41 Å². The van der Waals surface area contributed by atoms with Crippen LogP contribution in [-0.4, -0.2) is 60.6 Å². The predicted molar refractivity (Wildman–Crippen MR) is 82.5 cm³/mol. The number of piperazine rings is 1. The van der Waals surface area contributed by atoms with Crippen molar-refractivity contribution in [1.29, 1.82) is 0 Å². The van der Waals surface area contributed by atoms with E-state index in [1.165, 1.54) is 39.0 Å². The molecule has 1 aliphatic carbocycles. The van der Waals surface area contributed by atoms with Crippen LogP contribution in [0.5, 0.6) is 0 Å². The fraction of sp³-hybridized carbons (Fsp3) is 1.00. The van der Waals surface area contributed by atoms with Gasteiger partial charge in [-0.15, -0.1) is 0 Å². The van der Waals surface area contributed by atoms with E-state index < -0.39 is 0 Å². The summed E-state index contributed by atoms with van der Waals surface area (Å²) in [5, 5.41) is 3.59. The third-order valence-electron chi connectivity index (χ3n) is 5.35. The van der Waals surface area contributed by atoms with Gasteiger partial charge in [-0.1, -0.05) is 13.8 Å². The maximum Gasteiger partial charge on any atom is 0.0271 e. The molecular weight excluding hydrogens is 234 g/mol. The zero-order chi connectivity index (χ0) is 14.3. The van der Waals surface area contributed by atoms with E-state index in [1.807, 2.05) is 0 Å². The Morgan fingerprint density at radius 1 is 1.05 bits per heavy atom. The molecule has 2 unspecified atom stereocenters. The summed E-state index contributed by atoms with van der Waals surface area (Å²) in [5.41, 5.74) is 0.768. The molecule has 0 aromatic rings. The molecule has 1 aliphatic heterocycles. The maximum atomic E-state index is 3.59. The van der Waals surface area contributed by atoms with Gasteiger partial charge < -0.3 is 5.32 Å². The molecule has 112 valence electrons. The summed E-state index contributed by atoms with van der Waals surface area (Å²) in [6, 6.07) is 1.39. The SMILES string of the molecule is CNC1C(N2CCN(C(C)(C)C)CC2)CCC1(C)C. The summed E-state index contributed by atoms with van der Waals surface area (Å²) < 4.78 is 0. The molecule has 0 aromatic heterocycles. The molecule has 1 N–H and O–H groups in total. The molecule has 2 rings (SSSR count). The standard InChI is InChI=1S/C16H33N3/c1-15(2,3)19-11-9-18(10-12-19)13-7-8-16(4,5)14(13)17-6/h13-14,17H,7-12H2,1-6H3. The lowest BCUT2D eigenvalue weighted by Crippen LogP contribution is -2.59. The van der Waals surface area contributed by atoms with Crippen LogP contribution in [0.15, 0.2) is 0 Å². The van der Waals surface area contributed by atoms with Crippen LogP contribution in [-0.2, 0) is 0 Å². The highest BCUT2D eigenvalue weighted by Gasteiger charge is 2.44. The summed E-state index contributed by atoms with van der Waals surface area (Å²) in [4.78, 5) is 5.36. The Balaban J connectivity index is 1.95. The van der Waals surface area contributed by atoms with Gasteiger partial charge in [-0.3, -0.25) is 9.80 Å². The molecule has 2 aliphatic rings. The summed E-state index contributed by atoms with van der Waals surface area (Å²) in [6.45, 7) is 16.7. The van der Waals surface area contributed by atoms with Crippen molar-refractivity contribution < 1.29 is 0 Å². The Labute approximate surface area is 119 Å². The molecule has 2 atom stereocenters. The first-order valence-corrected chi connectivity index (χ1v) is 7.92. The number of rotatable bonds is 2. The van der Waals surface area contributed by atoms with Gasteiger partial charge in [0.25, 0.3) is 0 Å². The van der Waals surface area contributed by atoms with Crippen molar-refractivity contribution in [3.63, 3.8) is 0 Å². The smallest absolute Gasteiger partial charge is 0.0271 e. The minimum Gasteiger partial charge on any atom is -0.315 e. The van der Waals surface area contributed by atoms with Gasteiger partial charge in [0.05, 0.1) is 0 Å². The quantitative estimate of drug-likeness (QED) is 0.827. The monoisotopic (exact) mass is 267 g/mol. The average Bonchev–Trinajstić information content (AvgIpc) is 2.63. The molecular formula is C16H33N3. The lowest BCUT2D eigenvalue weighted by molar-refractivity contribution is 0.0334. The van der Waals surface area contributed by atoms with E-state index in [0.29, 0.717) is 17.0 Å². The molecule has 3 heteroatoms. The van der Waals surface area contributed by atoms with Crippen LogP contribution < -0.4 is 5.32 Å². The highest BCUT2D eigenvalue weighted by atomic mass is 15.3. The zero-order valence-electron chi connectivity index (χ0n) is 13.8. The minimum absolute atomic E-state index is 0.323. The Bertz CT molecular complexity index is 298. The van der Waals surface area contributed by atoms with Gasteiger partial charge in [-0.2, -0.15) is 0 Å². The molecule has 1 saturated heterocycles. The lowest BCUT2D eigenvalue weighted by atomic mass is 9.86. The molecule has 0 amide bonds. The van der Waals surface area contributed by atoms with Crippen molar-refractivity contribution in [2.75, 3.05) is 33.2 Å². The van der Waals surface area contributed by atoms with E-state index in [0.717, 1.165) is 6.04 Å². The average molecular weight is 267 g/mol. The summed E-state index contributed by atoms with van der Waals surface area (Å²) in [5.74, 6) is 0. The first-order chi connectivity index (χ1) is 8.75. The topological polar surface area (TPSA) is 18.5 Å². The fourth-order valence-electron chi connectivity index (χ4n) is 4.06. The van der Waals surface area contributed by atoms with Gasteiger partial charge in [0.2, 0.25) is 0 Å². The van der Waals surface area contributed by atoms with Crippen molar-refractivity contribution in [3.05, 3.63) is 0 Å². The normalized spacial score (nSPS) is 33.8. The minimum atomic E-state index is 0.323. The number of nitrogens with zero attached hydrogens (tertiary/aromatic N) is 2. The Morgan fingerprint density at radius 2 is 1.63 bits per heavy atom. The molecule has 0 radical (unpaired) electrons. The van der Waals surface area contributed by atoms with Gasteiger partial charge in [-0.25, -0.2) is 0 Å². The van der Waals surface area contributed by atoms with Crippen LogP contribution in [0.3, 0.4) is 0 Å². The van der Waals surface area contributed by atoms with Crippen molar-refractivity contribution >= 4 is 0 Å². The molecule has 0 aromatic carbocycles. The maximum absolute atomic E-state index is 3.59. The van der Waals surface area contributed by atoms with E-state index in [-0.39, 0.29) is 0 Å². The van der Waals surface area contributed by atoms with Crippen LogP contribution in [0, 0.1) is 5.41 Å². The number of likely N-dealkylation sites (N-methyl/N-ethyl adjacent to an activating group) is 1. The number of hydrogen-bond donors (Lipinski definition) is 1. The van der Waals surface area contributed by atoms with Gasteiger partial charge in [-0.05, 0) is 46.1 Å². The second-order valence-corrected chi connectivity index (χ2v) is 8.05. The second kappa shape index (κ2) is 5.34. The van der Waals surface area contributed by atoms with Crippen LogP contribution in [0.2, 0.25) is 0 Å². The van der Waals surface area contributed by atoms with Crippen LogP contribution in [0.25, 0.3) is 0 Å². The Morgan fingerprint density at radius 3 is 2.11 bits per heavy atom. The highest BCUT2D eigenvalue weighted by Crippen LogP contribution is 2.40. The Hall–Kier alpha value is -0.120. The molecule has 1 saturated carbocycles. The number of hydrogen-bond acceptors (Lipinski definition) is 3. The molecule has 19 heavy (non-hydrogen) atoms. The van der Waals surface area contributed by atoms with Crippen LogP contribution in [0.4, 0.5) is 0 Å². The van der Waals surface area contributed by atoms with E-state index in [9.17, 15) is 0 Å². The van der Waals surface area contributed by atoms with Gasteiger partial charge >= 0.3 is 0 Å². The second-order valence-electron chi connectivity index (χ2n) is 8.05. The third kappa shape index (κ3) is 3.14. The molecule has 0 bridgehead atoms. The molecule has 0 spiro atoms. The summed E-state index contributed by atoms with van der Waals surface area (Å²) in [7, 11) is 2.14. The summed E-state index contributed by atoms with van der Waals surface area (Å²) in [6.07, 6.45) is 2.71. The van der Waals surface area contributed by atoms with Crippen molar-refractivity contribution in [2.45, 2.75) is 65.1 Å². The largest absolute Gasteiger partial charge is 0.315 e. The predicted octanol–water partition coefficient (Wildman–Crippen LogP) is 2.18. The molecule has 3 nitrogen and oxygen atoms in total. The van der Waals surface area contributed by atoms with E-state index in [2.05, 4.69) is 56.8 Å². The third-order valence-corrected chi connectivity index (χ3v) is 5.35. The lowest BCUT2D eigenvalue weighted by Gasteiger charge is -2.46. The summed E-state index contributed by atoms with van der Waals surface area (Å²) >= 11 is 0. The van der Waals surface area contributed by atoms with E-state index in [4.69, 9.17) is 0 Å². The van der Waals surface area contributed by atoms with Gasteiger partial charge in [0, 0.05) is 43.8 Å². The molecule has 2 fully saturated rings. The van der Waals surface area contributed by atoms with E-state index >= 15 is 0 Å². The van der Waals surface area contributed by atoms with Gasteiger partial charge in [0.15, 0.2) is 0 Å². The first-order valence-electron chi connectivity index (χ1n) is 7.92. The van der Waals surface area contributed by atoms with Crippen molar-refractivity contribution in [1.82, 2.24) is 15.1 Å².